The standard InChI is InChI=1S/C12H14F2N2OS.ClH/c1-16(12(17)11-6-18-7-15-11)5-8-2-3-9(13)4-10(8)14;/h2-4,11,15H,5-7H2,1H3;1H. The molecule has 0 aromatic heterocycles. The molecule has 0 aliphatic carbocycles. The van der Waals surface area contributed by atoms with Crippen LogP contribution in [-0.4, -0.2) is 35.5 Å². The van der Waals surface area contributed by atoms with Crippen LogP contribution >= 0.6 is 24.2 Å². The smallest absolute Gasteiger partial charge is 0.240 e. The molecule has 1 N–H and O–H groups in total. The summed E-state index contributed by atoms with van der Waals surface area (Å²) in [6, 6.07) is 3.19. The number of carbonyl (C=O) groups is 1. The first-order valence-corrected chi connectivity index (χ1v) is 6.73. The van der Waals surface area contributed by atoms with Gasteiger partial charge in [0.15, 0.2) is 0 Å². The number of amides is 1. The zero-order chi connectivity index (χ0) is 13.1. The summed E-state index contributed by atoms with van der Waals surface area (Å²) in [4.78, 5) is 13.4. The van der Waals surface area contributed by atoms with Crippen LogP contribution in [0.1, 0.15) is 5.56 Å². The number of halogens is 3. The Morgan fingerprint density at radius 3 is 2.84 bits per heavy atom. The largest absolute Gasteiger partial charge is 0.340 e. The minimum absolute atomic E-state index is 0. The second-order valence-corrected chi connectivity index (χ2v) is 5.23. The van der Waals surface area contributed by atoms with E-state index in [0.29, 0.717) is 5.56 Å². The Morgan fingerprint density at radius 2 is 2.26 bits per heavy atom. The Morgan fingerprint density at radius 1 is 1.53 bits per heavy atom. The normalized spacial score (nSPS) is 17.9. The molecule has 2 rings (SSSR count). The molecule has 7 heteroatoms. The van der Waals surface area contributed by atoms with Crippen LogP contribution in [0.3, 0.4) is 0 Å². The molecule has 0 bridgehead atoms. The molecule has 1 amide bonds. The SMILES string of the molecule is CN(Cc1ccc(F)cc1F)C(=O)C1CSCN1.Cl. The molecule has 0 spiro atoms. The fourth-order valence-corrected chi connectivity index (χ4v) is 2.74. The predicted octanol–water partition coefficient (Wildman–Crippen LogP) is 2.01. The molecule has 1 saturated heterocycles. The summed E-state index contributed by atoms with van der Waals surface area (Å²) in [6.07, 6.45) is 0. The first-order valence-electron chi connectivity index (χ1n) is 5.58. The van der Waals surface area contributed by atoms with Gasteiger partial charge in [-0.3, -0.25) is 10.1 Å². The van der Waals surface area contributed by atoms with Gasteiger partial charge in [-0.1, -0.05) is 6.07 Å². The average molecular weight is 309 g/mol. The van der Waals surface area contributed by atoms with E-state index in [-0.39, 0.29) is 30.9 Å². The van der Waals surface area contributed by atoms with E-state index in [1.54, 1.807) is 18.8 Å². The lowest BCUT2D eigenvalue weighted by Gasteiger charge is -2.21. The number of likely N-dealkylation sites (N-methyl/N-ethyl adjacent to an activating group) is 1. The number of rotatable bonds is 3. The highest BCUT2D eigenvalue weighted by molar-refractivity contribution is 7.99. The second-order valence-electron chi connectivity index (χ2n) is 4.20. The van der Waals surface area contributed by atoms with E-state index in [2.05, 4.69) is 5.32 Å². The number of carbonyl (C=O) groups excluding carboxylic acids is 1. The molecule has 1 aliphatic heterocycles. The van der Waals surface area contributed by atoms with Crippen molar-refractivity contribution in [2.45, 2.75) is 12.6 Å². The molecule has 1 aromatic carbocycles. The maximum Gasteiger partial charge on any atom is 0.240 e. The molecule has 1 fully saturated rings. The summed E-state index contributed by atoms with van der Waals surface area (Å²) in [5.41, 5.74) is 0.318. The molecule has 0 radical (unpaired) electrons. The molecule has 1 heterocycles. The van der Waals surface area contributed by atoms with Crippen LogP contribution in [0.25, 0.3) is 0 Å². The van der Waals surface area contributed by atoms with Gasteiger partial charge in [0.25, 0.3) is 0 Å². The lowest BCUT2D eigenvalue weighted by atomic mass is 10.2. The fraction of sp³-hybridized carbons (Fsp3) is 0.417. The van der Waals surface area contributed by atoms with Crippen molar-refractivity contribution < 1.29 is 13.6 Å². The van der Waals surface area contributed by atoms with Gasteiger partial charge < -0.3 is 4.90 Å². The zero-order valence-corrected chi connectivity index (χ0v) is 12.0. The average Bonchev–Trinajstić information content (AvgIpc) is 2.85. The molecular formula is C12H15ClF2N2OS. The molecule has 1 atom stereocenters. The van der Waals surface area contributed by atoms with Crippen molar-refractivity contribution in [2.75, 3.05) is 18.7 Å². The number of benzene rings is 1. The van der Waals surface area contributed by atoms with Crippen molar-refractivity contribution in [2.24, 2.45) is 0 Å². The van der Waals surface area contributed by atoms with Crippen molar-refractivity contribution in [1.29, 1.82) is 0 Å². The van der Waals surface area contributed by atoms with E-state index >= 15 is 0 Å². The van der Waals surface area contributed by atoms with Crippen LogP contribution in [0.4, 0.5) is 8.78 Å². The minimum atomic E-state index is -0.622. The van der Waals surface area contributed by atoms with Gasteiger partial charge >= 0.3 is 0 Å². The molecule has 19 heavy (non-hydrogen) atoms. The van der Waals surface area contributed by atoms with E-state index < -0.39 is 11.6 Å². The predicted molar refractivity (Wildman–Crippen MR) is 74.3 cm³/mol. The Hall–Kier alpha value is -0.850. The van der Waals surface area contributed by atoms with Gasteiger partial charge in [0.1, 0.15) is 11.6 Å². The van der Waals surface area contributed by atoms with E-state index in [4.69, 9.17) is 0 Å². The van der Waals surface area contributed by atoms with Crippen LogP contribution in [0.5, 0.6) is 0 Å². The first-order chi connectivity index (χ1) is 8.58. The molecule has 1 unspecified atom stereocenters. The van der Waals surface area contributed by atoms with Crippen molar-refractivity contribution in [3.8, 4) is 0 Å². The van der Waals surface area contributed by atoms with E-state index in [9.17, 15) is 13.6 Å². The summed E-state index contributed by atoms with van der Waals surface area (Å²) >= 11 is 1.66. The summed E-state index contributed by atoms with van der Waals surface area (Å²) in [6.45, 7) is 0.147. The van der Waals surface area contributed by atoms with Gasteiger partial charge in [0.05, 0.1) is 6.04 Å². The maximum atomic E-state index is 13.5. The summed E-state index contributed by atoms with van der Waals surface area (Å²) in [5, 5.41) is 3.06. The third-order valence-electron chi connectivity index (χ3n) is 2.81. The van der Waals surface area contributed by atoms with E-state index in [1.807, 2.05) is 0 Å². The first kappa shape index (κ1) is 16.2. The molecule has 106 valence electrons. The van der Waals surface area contributed by atoms with Gasteiger partial charge in [-0.2, -0.15) is 0 Å². The van der Waals surface area contributed by atoms with Crippen LogP contribution < -0.4 is 5.32 Å². The van der Waals surface area contributed by atoms with Gasteiger partial charge in [0.2, 0.25) is 5.91 Å². The summed E-state index contributed by atoms with van der Waals surface area (Å²) < 4.78 is 26.2. The Kier molecular flexibility index (Phi) is 6.03. The molecule has 1 aliphatic rings. The Bertz CT molecular complexity index is 455. The van der Waals surface area contributed by atoms with Crippen molar-refractivity contribution >= 4 is 30.1 Å². The summed E-state index contributed by atoms with van der Waals surface area (Å²) in [7, 11) is 1.62. The second kappa shape index (κ2) is 7.07. The van der Waals surface area contributed by atoms with Crippen molar-refractivity contribution in [3.05, 3.63) is 35.4 Å². The number of nitrogens with one attached hydrogen (secondary N) is 1. The maximum absolute atomic E-state index is 13.5. The highest BCUT2D eigenvalue weighted by Gasteiger charge is 2.25. The van der Waals surface area contributed by atoms with E-state index in [1.165, 1.54) is 17.0 Å². The number of thioether (sulfide) groups is 1. The third kappa shape index (κ3) is 4.06. The third-order valence-corrected chi connectivity index (χ3v) is 3.75. The lowest BCUT2D eigenvalue weighted by molar-refractivity contribution is -0.131. The van der Waals surface area contributed by atoms with Crippen LogP contribution in [0.2, 0.25) is 0 Å². The number of hydrogen-bond acceptors (Lipinski definition) is 3. The van der Waals surface area contributed by atoms with Crippen LogP contribution in [-0.2, 0) is 11.3 Å². The van der Waals surface area contributed by atoms with E-state index in [0.717, 1.165) is 17.7 Å². The molecule has 0 saturated carbocycles. The monoisotopic (exact) mass is 308 g/mol. The minimum Gasteiger partial charge on any atom is -0.340 e. The Labute approximate surface area is 121 Å². The zero-order valence-electron chi connectivity index (χ0n) is 10.4. The molecule has 1 aromatic rings. The molecule has 3 nitrogen and oxygen atoms in total. The highest BCUT2D eigenvalue weighted by atomic mass is 35.5. The topological polar surface area (TPSA) is 32.3 Å². The van der Waals surface area contributed by atoms with Gasteiger partial charge in [-0.05, 0) is 6.07 Å². The van der Waals surface area contributed by atoms with Crippen molar-refractivity contribution in [3.63, 3.8) is 0 Å². The Balaban J connectivity index is 0.00000180. The van der Waals surface area contributed by atoms with Gasteiger partial charge in [0, 0.05) is 36.9 Å². The number of nitrogens with zero attached hydrogens (tertiary/aromatic N) is 1. The van der Waals surface area contributed by atoms with Gasteiger partial charge in [-0.15, -0.1) is 24.2 Å². The molecular weight excluding hydrogens is 294 g/mol. The fourth-order valence-electron chi connectivity index (χ4n) is 1.80. The number of hydrogen-bond donors (Lipinski definition) is 1. The van der Waals surface area contributed by atoms with Crippen LogP contribution in [0.15, 0.2) is 18.2 Å². The quantitative estimate of drug-likeness (QED) is 0.927. The summed E-state index contributed by atoms with van der Waals surface area (Å²) in [5.74, 6) is 0.191. The van der Waals surface area contributed by atoms with Gasteiger partial charge in [-0.25, -0.2) is 8.78 Å². The van der Waals surface area contributed by atoms with Crippen LogP contribution in [0, 0.1) is 11.6 Å². The lowest BCUT2D eigenvalue weighted by Crippen LogP contribution is -2.42. The highest BCUT2D eigenvalue weighted by Crippen LogP contribution is 2.15. The van der Waals surface area contributed by atoms with Crippen molar-refractivity contribution in [1.82, 2.24) is 10.2 Å².